The zero-order chi connectivity index (χ0) is 8.85. The van der Waals surface area contributed by atoms with Crippen molar-refractivity contribution in [3.05, 3.63) is 0 Å². The molecule has 2 atom stereocenters. The Labute approximate surface area is 71.8 Å². The summed E-state index contributed by atoms with van der Waals surface area (Å²) in [6, 6.07) is 0. The van der Waals surface area contributed by atoms with Gasteiger partial charge in [-0.05, 0) is 25.3 Å². The fourth-order valence-electron chi connectivity index (χ4n) is 1.63. The molecule has 1 heterocycles. The van der Waals surface area contributed by atoms with Crippen molar-refractivity contribution < 1.29 is 0 Å². The molecule has 0 amide bonds. The average molecular weight is 157 g/mol. The molecule has 1 aliphatic heterocycles. The van der Waals surface area contributed by atoms with Crippen LogP contribution in [0.15, 0.2) is 0 Å². The van der Waals surface area contributed by atoms with E-state index in [4.69, 9.17) is 0 Å². The minimum Gasteiger partial charge on any atom is -0.306 e. The molecule has 1 saturated carbocycles. The van der Waals surface area contributed by atoms with Crippen LogP contribution in [0.4, 0.5) is 0 Å². The maximum absolute atomic E-state index is 2.43. The van der Waals surface area contributed by atoms with E-state index >= 15 is 0 Å². The molecule has 11 heavy (non-hydrogen) atoms. The fraction of sp³-hybridized carbons (Fsp3) is 1.00. The molecular weight excluding hydrogens is 134 g/mol. The quantitative estimate of drug-likeness (QED) is 0.522. The van der Waals surface area contributed by atoms with Gasteiger partial charge in [0.2, 0.25) is 0 Å². The number of likely N-dealkylation sites (tertiary alicyclic amines) is 1. The molecule has 1 aliphatic carbocycles. The van der Waals surface area contributed by atoms with E-state index in [0.717, 1.165) is 11.8 Å². The summed E-state index contributed by atoms with van der Waals surface area (Å²) in [7, 11) is 2.21. The molecule has 68 valence electrons. The van der Waals surface area contributed by atoms with Gasteiger partial charge in [-0.15, -0.1) is 0 Å². The first-order valence-electron chi connectivity index (χ1n) is 5.05. The van der Waals surface area contributed by atoms with Crippen molar-refractivity contribution in [1.82, 2.24) is 4.90 Å². The summed E-state index contributed by atoms with van der Waals surface area (Å²) < 4.78 is 0. The summed E-state index contributed by atoms with van der Waals surface area (Å²) in [5, 5.41) is 0. The summed E-state index contributed by atoms with van der Waals surface area (Å²) in [5.41, 5.74) is 0. The van der Waals surface area contributed by atoms with Crippen molar-refractivity contribution in [3.63, 3.8) is 0 Å². The van der Waals surface area contributed by atoms with E-state index in [0.29, 0.717) is 0 Å². The second-order valence-electron chi connectivity index (χ2n) is 2.98. The van der Waals surface area contributed by atoms with Crippen LogP contribution in [0.3, 0.4) is 0 Å². The van der Waals surface area contributed by atoms with E-state index in [1.807, 2.05) is 27.7 Å². The Bertz CT molecular complexity index is 80.9. The monoisotopic (exact) mass is 157 g/mol. The zero-order valence-electron chi connectivity index (χ0n) is 8.72. The Morgan fingerprint density at radius 3 is 1.45 bits per heavy atom. The van der Waals surface area contributed by atoms with Crippen LogP contribution in [0.2, 0.25) is 0 Å². The molecule has 0 aromatic heterocycles. The van der Waals surface area contributed by atoms with E-state index in [-0.39, 0.29) is 0 Å². The molecular formula is C10H23N. The van der Waals surface area contributed by atoms with Gasteiger partial charge in [0.15, 0.2) is 0 Å². The number of fused-ring (bicyclic) bond motifs is 1. The predicted octanol–water partition coefficient (Wildman–Crippen LogP) is 2.62. The van der Waals surface area contributed by atoms with Crippen LogP contribution >= 0.6 is 0 Å². The Kier molecular flexibility index (Phi) is 5.57. The van der Waals surface area contributed by atoms with Crippen LogP contribution in [0.5, 0.6) is 0 Å². The summed E-state index contributed by atoms with van der Waals surface area (Å²) in [6.45, 7) is 10.8. The molecule has 0 aromatic carbocycles. The molecule has 2 aliphatic rings. The SMILES string of the molecule is CC.CC.CN1CC2CC2C1. The van der Waals surface area contributed by atoms with E-state index in [1.54, 1.807) is 0 Å². The van der Waals surface area contributed by atoms with E-state index in [9.17, 15) is 0 Å². The summed E-state index contributed by atoms with van der Waals surface area (Å²) >= 11 is 0. The first kappa shape index (κ1) is 11.0. The molecule has 0 aromatic rings. The van der Waals surface area contributed by atoms with Crippen LogP contribution in [0.1, 0.15) is 34.1 Å². The molecule has 2 unspecified atom stereocenters. The highest BCUT2D eigenvalue weighted by atomic mass is 15.1. The minimum absolute atomic E-state index is 1.12. The van der Waals surface area contributed by atoms with Gasteiger partial charge in [0.05, 0.1) is 0 Å². The second-order valence-corrected chi connectivity index (χ2v) is 2.98. The smallest absolute Gasteiger partial charge is 0.000997 e. The molecule has 1 nitrogen and oxygen atoms in total. The number of hydrogen-bond acceptors (Lipinski definition) is 1. The predicted molar refractivity (Wildman–Crippen MR) is 51.8 cm³/mol. The minimum atomic E-state index is 1.12. The van der Waals surface area contributed by atoms with Gasteiger partial charge in [-0.2, -0.15) is 0 Å². The van der Waals surface area contributed by atoms with Crippen molar-refractivity contribution in [1.29, 1.82) is 0 Å². The van der Waals surface area contributed by atoms with Gasteiger partial charge < -0.3 is 4.90 Å². The number of piperidine rings is 1. The lowest BCUT2D eigenvalue weighted by molar-refractivity contribution is 0.373. The van der Waals surface area contributed by atoms with Crippen molar-refractivity contribution in [3.8, 4) is 0 Å². The van der Waals surface area contributed by atoms with Crippen LogP contribution in [0, 0.1) is 11.8 Å². The van der Waals surface area contributed by atoms with E-state index in [2.05, 4.69) is 11.9 Å². The molecule has 0 radical (unpaired) electrons. The van der Waals surface area contributed by atoms with Gasteiger partial charge in [-0.3, -0.25) is 0 Å². The summed E-state index contributed by atoms with van der Waals surface area (Å²) in [6.07, 6.45) is 1.53. The Morgan fingerprint density at radius 1 is 0.909 bits per heavy atom. The fourth-order valence-corrected chi connectivity index (χ4v) is 1.63. The van der Waals surface area contributed by atoms with Crippen molar-refractivity contribution in [2.24, 2.45) is 11.8 Å². The third-order valence-corrected chi connectivity index (χ3v) is 2.16. The van der Waals surface area contributed by atoms with E-state index < -0.39 is 0 Å². The molecule has 0 bridgehead atoms. The summed E-state index contributed by atoms with van der Waals surface area (Å²) in [5.74, 6) is 2.23. The number of nitrogens with zero attached hydrogens (tertiary/aromatic N) is 1. The standard InChI is InChI=1S/C6H11N.2C2H6/c1-7-3-5-2-6(5)4-7;2*1-2/h5-6H,2-4H2,1H3;2*1-2H3. The largest absolute Gasteiger partial charge is 0.306 e. The molecule has 2 fully saturated rings. The highest BCUT2D eigenvalue weighted by Gasteiger charge is 2.43. The first-order chi connectivity index (χ1) is 5.36. The lowest BCUT2D eigenvalue weighted by atomic mass is 10.4. The van der Waals surface area contributed by atoms with Gasteiger partial charge in [0, 0.05) is 13.1 Å². The van der Waals surface area contributed by atoms with E-state index in [1.165, 1.54) is 19.5 Å². The molecule has 1 heteroatoms. The van der Waals surface area contributed by atoms with Crippen LogP contribution in [-0.4, -0.2) is 25.0 Å². The van der Waals surface area contributed by atoms with Gasteiger partial charge in [0.25, 0.3) is 0 Å². The van der Waals surface area contributed by atoms with Crippen LogP contribution in [-0.2, 0) is 0 Å². The highest BCUT2D eigenvalue weighted by molar-refractivity contribution is 4.95. The maximum Gasteiger partial charge on any atom is 0.000997 e. The van der Waals surface area contributed by atoms with Crippen molar-refractivity contribution in [2.75, 3.05) is 20.1 Å². The van der Waals surface area contributed by atoms with Crippen LogP contribution in [0.25, 0.3) is 0 Å². The second kappa shape index (κ2) is 5.59. The van der Waals surface area contributed by atoms with Crippen molar-refractivity contribution >= 4 is 0 Å². The lowest BCUT2D eigenvalue weighted by Gasteiger charge is -2.06. The third-order valence-electron chi connectivity index (χ3n) is 2.16. The molecule has 1 saturated heterocycles. The first-order valence-corrected chi connectivity index (χ1v) is 5.05. The van der Waals surface area contributed by atoms with Gasteiger partial charge >= 0.3 is 0 Å². The maximum atomic E-state index is 2.43. The number of hydrogen-bond donors (Lipinski definition) is 0. The number of rotatable bonds is 0. The lowest BCUT2D eigenvalue weighted by Crippen LogP contribution is -2.15. The molecule has 0 N–H and O–H groups in total. The zero-order valence-corrected chi connectivity index (χ0v) is 8.72. The average Bonchev–Trinajstić information content (AvgIpc) is 2.68. The van der Waals surface area contributed by atoms with Crippen LogP contribution < -0.4 is 0 Å². The summed E-state index contributed by atoms with van der Waals surface area (Å²) in [4.78, 5) is 2.43. The Balaban J connectivity index is 0.000000222. The van der Waals surface area contributed by atoms with Crippen molar-refractivity contribution in [2.45, 2.75) is 34.1 Å². The topological polar surface area (TPSA) is 3.24 Å². The van der Waals surface area contributed by atoms with Gasteiger partial charge in [-0.25, -0.2) is 0 Å². The normalized spacial score (nSPS) is 32.5. The Morgan fingerprint density at radius 2 is 1.27 bits per heavy atom. The highest BCUT2D eigenvalue weighted by Crippen LogP contribution is 2.43. The third kappa shape index (κ3) is 3.24. The Hall–Kier alpha value is -0.0400. The molecule has 0 spiro atoms. The molecule has 2 rings (SSSR count). The van der Waals surface area contributed by atoms with Gasteiger partial charge in [0.1, 0.15) is 0 Å². The van der Waals surface area contributed by atoms with Gasteiger partial charge in [-0.1, -0.05) is 27.7 Å².